The van der Waals surface area contributed by atoms with E-state index in [2.05, 4.69) is 30.0 Å². The summed E-state index contributed by atoms with van der Waals surface area (Å²) >= 11 is 0. The summed E-state index contributed by atoms with van der Waals surface area (Å²) in [6.07, 6.45) is 2.71. The van der Waals surface area contributed by atoms with Gasteiger partial charge < -0.3 is 14.2 Å². The third-order valence-electron chi connectivity index (χ3n) is 6.14. The average molecular weight is 405 g/mol. The zero-order valence-electron chi connectivity index (χ0n) is 17.9. The van der Waals surface area contributed by atoms with Crippen molar-refractivity contribution in [1.29, 1.82) is 0 Å². The van der Waals surface area contributed by atoms with Crippen molar-refractivity contribution < 1.29 is 14.2 Å². The van der Waals surface area contributed by atoms with Crippen LogP contribution in [0.5, 0.6) is 17.2 Å². The van der Waals surface area contributed by atoms with Crippen LogP contribution >= 0.6 is 0 Å². The van der Waals surface area contributed by atoms with Crippen molar-refractivity contribution in [1.82, 2.24) is 9.88 Å². The summed E-state index contributed by atoms with van der Waals surface area (Å²) in [4.78, 5) is 7.48. The first-order valence-corrected chi connectivity index (χ1v) is 10.7. The van der Waals surface area contributed by atoms with Crippen LogP contribution in [-0.2, 0) is 6.54 Å². The fourth-order valence-electron chi connectivity index (χ4n) is 4.36. The van der Waals surface area contributed by atoms with Crippen molar-refractivity contribution >= 4 is 10.9 Å². The fraction of sp³-hybridized carbons (Fsp3) is 0.400. The van der Waals surface area contributed by atoms with Crippen LogP contribution in [0.2, 0.25) is 0 Å². The molecule has 1 aromatic heterocycles. The van der Waals surface area contributed by atoms with Gasteiger partial charge in [-0.3, -0.25) is 4.90 Å². The van der Waals surface area contributed by atoms with Crippen molar-refractivity contribution in [3.8, 4) is 28.5 Å². The summed E-state index contributed by atoms with van der Waals surface area (Å²) in [5.74, 6) is 3.29. The molecular formula is C25H28N2O3. The lowest BCUT2D eigenvalue weighted by Gasteiger charge is -2.19. The number of pyridine rings is 1. The third kappa shape index (κ3) is 3.58. The van der Waals surface area contributed by atoms with E-state index in [9.17, 15) is 0 Å². The van der Waals surface area contributed by atoms with E-state index in [1.54, 1.807) is 14.2 Å². The molecule has 2 heterocycles. The van der Waals surface area contributed by atoms with E-state index in [0.717, 1.165) is 65.0 Å². The molecular weight excluding hydrogens is 376 g/mol. The van der Waals surface area contributed by atoms with E-state index in [1.165, 1.54) is 24.0 Å². The Balaban J connectivity index is 1.60. The summed E-state index contributed by atoms with van der Waals surface area (Å²) in [7, 11) is 3.40. The molecule has 3 aromatic rings. The Morgan fingerprint density at radius 3 is 2.70 bits per heavy atom. The molecule has 1 aliphatic heterocycles. The Bertz CT molecular complexity index is 1090. The lowest BCUT2D eigenvalue weighted by Crippen LogP contribution is -2.27. The molecule has 30 heavy (non-hydrogen) atoms. The van der Waals surface area contributed by atoms with E-state index in [0.29, 0.717) is 6.61 Å². The van der Waals surface area contributed by atoms with E-state index in [4.69, 9.17) is 19.2 Å². The lowest BCUT2D eigenvalue weighted by molar-refractivity contribution is 0.216. The molecule has 5 nitrogen and oxygen atoms in total. The molecule has 1 saturated carbocycles. The van der Waals surface area contributed by atoms with E-state index < -0.39 is 0 Å². The predicted octanol–water partition coefficient (Wildman–Crippen LogP) is 4.83. The van der Waals surface area contributed by atoms with Gasteiger partial charge in [0.05, 0.1) is 19.9 Å². The molecule has 1 aliphatic carbocycles. The Hall–Kier alpha value is -2.79. The summed E-state index contributed by atoms with van der Waals surface area (Å²) in [5, 5.41) is 1.11. The Morgan fingerprint density at radius 2 is 1.93 bits per heavy atom. The van der Waals surface area contributed by atoms with E-state index in [-0.39, 0.29) is 0 Å². The average Bonchev–Trinajstić information content (AvgIpc) is 3.59. The zero-order chi connectivity index (χ0) is 20.7. The number of para-hydroxylation sites is 1. The second-order valence-electron chi connectivity index (χ2n) is 8.37. The molecule has 0 spiro atoms. The quantitative estimate of drug-likeness (QED) is 0.609. The molecule has 0 atom stereocenters. The van der Waals surface area contributed by atoms with Crippen molar-refractivity contribution in [3.63, 3.8) is 0 Å². The second kappa shape index (κ2) is 7.80. The summed E-state index contributed by atoms with van der Waals surface area (Å²) in [6.45, 7) is 5.80. The smallest absolute Gasteiger partial charge is 0.165 e. The maximum Gasteiger partial charge on any atom is 0.165 e. The molecule has 1 fully saturated rings. The highest BCUT2D eigenvalue weighted by molar-refractivity contribution is 5.89. The van der Waals surface area contributed by atoms with Crippen molar-refractivity contribution in [2.45, 2.75) is 26.3 Å². The van der Waals surface area contributed by atoms with Gasteiger partial charge in [0.15, 0.2) is 11.5 Å². The molecule has 0 unspecified atom stereocenters. The van der Waals surface area contributed by atoms with Gasteiger partial charge >= 0.3 is 0 Å². The predicted molar refractivity (Wildman–Crippen MR) is 119 cm³/mol. The number of hydrogen-bond acceptors (Lipinski definition) is 5. The number of fused-ring (bicyclic) bond motifs is 2. The number of aromatic nitrogens is 1. The first kappa shape index (κ1) is 19.2. The number of nitrogens with zero attached hydrogens (tertiary/aromatic N) is 2. The maximum atomic E-state index is 6.12. The van der Waals surface area contributed by atoms with Gasteiger partial charge in [-0.1, -0.05) is 12.1 Å². The minimum atomic E-state index is 0.694. The van der Waals surface area contributed by atoms with Crippen molar-refractivity contribution in [2.75, 3.05) is 33.9 Å². The van der Waals surface area contributed by atoms with Crippen LogP contribution in [-0.4, -0.2) is 43.8 Å². The van der Waals surface area contributed by atoms with Crippen molar-refractivity contribution in [2.24, 2.45) is 5.92 Å². The summed E-state index contributed by atoms with van der Waals surface area (Å²) in [6, 6.07) is 12.4. The number of benzene rings is 2. The monoisotopic (exact) mass is 404 g/mol. The van der Waals surface area contributed by atoms with Crippen LogP contribution in [0.15, 0.2) is 36.4 Å². The number of methoxy groups -OCH3 is 2. The molecule has 2 aromatic carbocycles. The Labute approximate surface area is 177 Å². The van der Waals surface area contributed by atoms with E-state index >= 15 is 0 Å². The molecule has 2 aliphatic rings. The maximum absolute atomic E-state index is 6.12. The van der Waals surface area contributed by atoms with Crippen LogP contribution in [0.1, 0.15) is 24.0 Å². The standard InChI is InChI=1S/C25H28N2O3/c1-16-11-21(26-24-20(16)5-4-6-22(24)28-2)18-12-19-15-27(14-17-7-8-17)9-10-30-25(19)23(13-18)29-3/h4-6,11-13,17H,7-10,14-15H2,1-3H3. The van der Waals surface area contributed by atoms with Crippen LogP contribution in [0, 0.1) is 12.8 Å². The summed E-state index contributed by atoms with van der Waals surface area (Å²) in [5.41, 5.74) is 5.19. The fourth-order valence-corrected chi connectivity index (χ4v) is 4.36. The van der Waals surface area contributed by atoms with Gasteiger partial charge in [-0.05, 0) is 55.5 Å². The first-order valence-electron chi connectivity index (χ1n) is 10.7. The molecule has 5 heteroatoms. The van der Waals surface area contributed by atoms with Gasteiger partial charge in [0, 0.05) is 36.1 Å². The summed E-state index contributed by atoms with van der Waals surface area (Å²) < 4.78 is 17.4. The van der Waals surface area contributed by atoms with Crippen LogP contribution in [0.4, 0.5) is 0 Å². The van der Waals surface area contributed by atoms with Gasteiger partial charge in [-0.2, -0.15) is 0 Å². The molecule has 5 rings (SSSR count). The molecule has 0 N–H and O–H groups in total. The van der Waals surface area contributed by atoms with Gasteiger partial charge in [0.1, 0.15) is 17.9 Å². The highest BCUT2D eigenvalue weighted by Crippen LogP contribution is 2.40. The highest BCUT2D eigenvalue weighted by atomic mass is 16.5. The first-order chi connectivity index (χ1) is 14.7. The zero-order valence-corrected chi connectivity index (χ0v) is 17.9. The largest absolute Gasteiger partial charge is 0.494 e. The number of hydrogen-bond donors (Lipinski definition) is 0. The Morgan fingerprint density at radius 1 is 1.10 bits per heavy atom. The molecule has 0 bridgehead atoms. The lowest BCUT2D eigenvalue weighted by atomic mass is 10.0. The molecule has 0 radical (unpaired) electrons. The van der Waals surface area contributed by atoms with Gasteiger partial charge in [-0.15, -0.1) is 0 Å². The molecule has 0 amide bonds. The molecule has 0 saturated heterocycles. The van der Waals surface area contributed by atoms with Crippen molar-refractivity contribution in [3.05, 3.63) is 47.5 Å². The van der Waals surface area contributed by atoms with Gasteiger partial charge in [0.2, 0.25) is 0 Å². The SMILES string of the molecule is COc1cc(-c2cc(C)c3cccc(OC)c3n2)cc2c1OCCN(CC1CC1)C2. The van der Waals surface area contributed by atoms with Crippen LogP contribution in [0.3, 0.4) is 0 Å². The molecule has 156 valence electrons. The Kier molecular flexibility index (Phi) is 4.99. The third-order valence-corrected chi connectivity index (χ3v) is 6.14. The highest BCUT2D eigenvalue weighted by Gasteiger charge is 2.27. The van der Waals surface area contributed by atoms with Crippen LogP contribution < -0.4 is 14.2 Å². The number of aryl methyl sites for hydroxylation is 1. The van der Waals surface area contributed by atoms with E-state index in [1.807, 2.05) is 18.2 Å². The minimum absolute atomic E-state index is 0.694. The normalized spacial score (nSPS) is 16.6. The van der Waals surface area contributed by atoms with Crippen LogP contribution in [0.25, 0.3) is 22.2 Å². The van der Waals surface area contributed by atoms with Gasteiger partial charge in [0.25, 0.3) is 0 Å². The number of rotatable bonds is 5. The van der Waals surface area contributed by atoms with Gasteiger partial charge in [-0.25, -0.2) is 4.98 Å². The minimum Gasteiger partial charge on any atom is -0.494 e. The number of ether oxygens (including phenoxy) is 3. The second-order valence-corrected chi connectivity index (χ2v) is 8.37. The topological polar surface area (TPSA) is 43.8 Å².